The summed E-state index contributed by atoms with van der Waals surface area (Å²) in [4.78, 5) is 48.0. The normalized spacial score (nSPS) is 11.8. The van der Waals surface area contributed by atoms with Crippen LogP contribution in [0.25, 0.3) is 0 Å². The molecule has 0 fully saturated rings. The van der Waals surface area contributed by atoms with E-state index in [0.29, 0.717) is 5.56 Å². The lowest BCUT2D eigenvalue weighted by Crippen LogP contribution is -2.41. The average Bonchev–Trinajstić information content (AvgIpc) is 2.75. The van der Waals surface area contributed by atoms with Crippen molar-refractivity contribution in [2.75, 3.05) is 20.3 Å². The summed E-state index contributed by atoms with van der Waals surface area (Å²) in [5.41, 5.74) is 0.657. The Hall–Kier alpha value is -2.94. The number of hydrogen-bond donors (Lipinski definition) is 1. The van der Waals surface area contributed by atoms with Gasteiger partial charge in [0.15, 0.2) is 11.5 Å². The zero-order valence-corrected chi connectivity index (χ0v) is 21.0. The second-order valence-electron chi connectivity index (χ2n) is 8.73. The van der Waals surface area contributed by atoms with Crippen LogP contribution in [0.15, 0.2) is 18.2 Å². The SMILES string of the molecule is CCC(=O)OCCN[C@@H](Cc1ccc(OC(=O)CC(C)C)c(OC(=O)CC(C)C)c1)C(=O)OC. The third-order valence-electron chi connectivity index (χ3n) is 4.58. The summed E-state index contributed by atoms with van der Waals surface area (Å²) >= 11 is 0. The number of nitrogens with one attached hydrogen (secondary N) is 1. The molecule has 0 aliphatic carbocycles. The summed E-state index contributed by atoms with van der Waals surface area (Å²) in [5.74, 6) is -1.24. The second kappa shape index (κ2) is 15.1. The maximum atomic E-state index is 12.3. The van der Waals surface area contributed by atoms with Gasteiger partial charge in [-0.25, -0.2) is 0 Å². The topological polar surface area (TPSA) is 117 Å². The zero-order valence-electron chi connectivity index (χ0n) is 21.0. The van der Waals surface area contributed by atoms with Gasteiger partial charge in [0.05, 0.1) is 7.11 Å². The number of esters is 4. The Kier molecular flexibility index (Phi) is 12.9. The first kappa shape index (κ1) is 29.1. The molecule has 1 aromatic rings. The van der Waals surface area contributed by atoms with E-state index < -0.39 is 23.9 Å². The first-order chi connectivity index (χ1) is 16.0. The Morgan fingerprint density at radius 1 is 0.882 bits per heavy atom. The molecule has 9 heteroatoms. The maximum absolute atomic E-state index is 12.3. The van der Waals surface area contributed by atoms with Gasteiger partial charge in [-0.2, -0.15) is 0 Å². The van der Waals surface area contributed by atoms with Crippen LogP contribution in [-0.2, 0) is 35.1 Å². The largest absolute Gasteiger partial charge is 0.468 e. The highest BCUT2D eigenvalue weighted by Crippen LogP contribution is 2.30. The molecule has 0 aromatic heterocycles. The number of rotatable bonds is 14. The molecule has 0 heterocycles. The quantitative estimate of drug-likeness (QED) is 0.244. The number of hydrogen-bond acceptors (Lipinski definition) is 9. The summed E-state index contributed by atoms with van der Waals surface area (Å²) in [6.07, 6.45) is 0.903. The van der Waals surface area contributed by atoms with Crippen LogP contribution in [0.3, 0.4) is 0 Å². The molecule has 9 nitrogen and oxygen atoms in total. The van der Waals surface area contributed by atoms with Gasteiger partial charge >= 0.3 is 23.9 Å². The van der Waals surface area contributed by atoms with Crippen LogP contribution >= 0.6 is 0 Å². The predicted octanol–water partition coefficient (Wildman–Crippen LogP) is 3.22. The minimum atomic E-state index is -0.723. The summed E-state index contributed by atoms with van der Waals surface area (Å²) in [5, 5.41) is 3.01. The van der Waals surface area contributed by atoms with Gasteiger partial charge in [0, 0.05) is 25.8 Å². The van der Waals surface area contributed by atoms with Gasteiger partial charge in [0.25, 0.3) is 0 Å². The number of carbonyl (C=O) groups excluding carboxylic acids is 4. The van der Waals surface area contributed by atoms with Crippen LogP contribution in [-0.4, -0.2) is 50.2 Å². The zero-order chi connectivity index (χ0) is 25.7. The van der Waals surface area contributed by atoms with E-state index in [0.717, 1.165) is 0 Å². The van der Waals surface area contributed by atoms with Gasteiger partial charge in [-0.15, -0.1) is 0 Å². The molecule has 1 N–H and O–H groups in total. The summed E-state index contributed by atoms with van der Waals surface area (Å²) < 4.78 is 20.8. The average molecular weight is 480 g/mol. The van der Waals surface area contributed by atoms with Crippen molar-refractivity contribution in [3.8, 4) is 11.5 Å². The maximum Gasteiger partial charge on any atom is 0.323 e. The van der Waals surface area contributed by atoms with E-state index in [4.69, 9.17) is 18.9 Å². The minimum absolute atomic E-state index is 0.0948. The van der Waals surface area contributed by atoms with Crippen LogP contribution < -0.4 is 14.8 Å². The molecule has 0 saturated carbocycles. The number of benzene rings is 1. The molecule has 0 saturated heterocycles. The lowest BCUT2D eigenvalue weighted by molar-refractivity contribution is -0.144. The lowest BCUT2D eigenvalue weighted by Gasteiger charge is -2.18. The molecule has 1 aromatic carbocycles. The Morgan fingerprint density at radius 3 is 2.00 bits per heavy atom. The molecular weight excluding hydrogens is 442 g/mol. The van der Waals surface area contributed by atoms with Gasteiger partial charge in [-0.05, 0) is 36.0 Å². The highest BCUT2D eigenvalue weighted by atomic mass is 16.6. The number of ether oxygens (including phenoxy) is 4. The first-order valence-electron chi connectivity index (χ1n) is 11.6. The minimum Gasteiger partial charge on any atom is -0.468 e. The molecule has 1 rings (SSSR count). The summed E-state index contributed by atoms with van der Waals surface area (Å²) in [7, 11) is 1.28. The molecule has 0 radical (unpaired) electrons. The van der Waals surface area contributed by atoms with Crippen molar-refractivity contribution in [1.29, 1.82) is 0 Å². The summed E-state index contributed by atoms with van der Waals surface area (Å²) in [6.45, 7) is 9.66. The van der Waals surface area contributed by atoms with Crippen molar-refractivity contribution in [3.05, 3.63) is 23.8 Å². The molecule has 0 bridgehead atoms. The standard InChI is InChI=1S/C25H37NO8/c1-7-22(27)32-11-10-26-19(25(30)31-6)14-18-8-9-20(33-23(28)12-16(2)3)21(15-18)34-24(29)13-17(4)5/h8-9,15-17,19,26H,7,10-14H2,1-6H3/t19-/m0/s1. The Balaban J connectivity index is 3.03. The molecule has 0 amide bonds. The second-order valence-corrected chi connectivity index (χ2v) is 8.73. The van der Waals surface area contributed by atoms with Crippen molar-refractivity contribution in [3.63, 3.8) is 0 Å². The molecule has 1 atom stereocenters. The fourth-order valence-electron chi connectivity index (χ4n) is 2.96. The molecule has 0 spiro atoms. The molecule has 0 aliphatic heterocycles. The van der Waals surface area contributed by atoms with Gasteiger partial charge in [0.1, 0.15) is 12.6 Å². The molecule has 190 valence electrons. The third kappa shape index (κ3) is 11.3. The van der Waals surface area contributed by atoms with E-state index in [2.05, 4.69) is 5.32 Å². The highest BCUT2D eigenvalue weighted by molar-refractivity contribution is 5.77. The van der Waals surface area contributed by atoms with Crippen molar-refractivity contribution >= 4 is 23.9 Å². The smallest absolute Gasteiger partial charge is 0.323 e. The van der Waals surface area contributed by atoms with E-state index in [-0.39, 0.29) is 68.1 Å². The van der Waals surface area contributed by atoms with Gasteiger partial charge in [-0.3, -0.25) is 19.2 Å². The predicted molar refractivity (Wildman–Crippen MR) is 125 cm³/mol. The van der Waals surface area contributed by atoms with E-state index in [1.807, 2.05) is 27.7 Å². The lowest BCUT2D eigenvalue weighted by atomic mass is 10.0. The fraction of sp³-hybridized carbons (Fsp3) is 0.600. The van der Waals surface area contributed by atoms with Crippen molar-refractivity contribution in [2.45, 2.75) is 66.3 Å². The fourth-order valence-corrected chi connectivity index (χ4v) is 2.96. The van der Waals surface area contributed by atoms with Crippen LogP contribution in [0.1, 0.15) is 59.4 Å². The number of carbonyl (C=O) groups is 4. The molecule has 0 unspecified atom stereocenters. The van der Waals surface area contributed by atoms with Crippen LogP contribution in [0.4, 0.5) is 0 Å². The Labute approximate surface area is 201 Å². The molecular formula is C25H37NO8. The number of methoxy groups -OCH3 is 1. The highest BCUT2D eigenvalue weighted by Gasteiger charge is 2.22. The van der Waals surface area contributed by atoms with Crippen LogP contribution in [0.2, 0.25) is 0 Å². The van der Waals surface area contributed by atoms with Gasteiger partial charge in [-0.1, -0.05) is 40.7 Å². The molecule has 0 aliphatic rings. The van der Waals surface area contributed by atoms with E-state index in [1.54, 1.807) is 25.1 Å². The first-order valence-corrected chi connectivity index (χ1v) is 11.6. The van der Waals surface area contributed by atoms with E-state index in [9.17, 15) is 19.2 Å². The van der Waals surface area contributed by atoms with Crippen LogP contribution in [0.5, 0.6) is 11.5 Å². The monoisotopic (exact) mass is 479 g/mol. The van der Waals surface area contributed by atoms with Gasteiger partial charge < -0.3 is 24.3 Å². The summed E-state index contributed by atoms with van der Waals surface area (Å²) in [6, 6.07) is 4.08. The molecule has 34 heavy (non-hydrogen) atoms. The van der Waals surface area contributed by atoms with Crippen molar-refractivity contribution < 1.29 is 38.1 Å². The third-order valence-corrected chi connectivity index (χ3v) is 4.58. The van der Waals surface area contributed by atoms with Crippen LogP contribution in [0, 0.1) is 11.8 Å². The van der Waals surface area contributed by atoms with E-state index in [1.165, 1.54) is 7.11 Å². The van der Waals surface area contributed by atoms with Gasteiger partial charge in [0.2, 0.25) is 0 Å². The van der Waals surface area contributed by atoms with E-state index >= 15 is 0 Å². The Morgan fingerprint density at radius 2 is 1.47 bits per heavy atom. The Bertz CT molecular complexity index is 834. The van der Waals surface area contributed by atoms with Crippen molar-refractivity contribution in [2.24, 2.45) is 11.8 Å². The van der Waals surface area contributed by atoms with Crippen molar-refractivity contribution in [1.82, 2.24) is 5.32 Å².